The summed E-state index contributed by atoms with van der Waals surface area (Å²) < 4.78 is 11.8. The lowest BCUT2D eigenvalue weighted by atomic mass is 10.1. The lowest BCUT2D eigenvalue weighted by Crippen LogP contribution is -2.54. The number of hydrogen-bond acceptors (Lipinski definition) is 5. The van der Waals surface area contributed by atoms with E-state index in [1.54, 1.807) is 44.4 Å². The lowest BCUT2D eigenvalue weighted by molar-refractivity contribution is -0.122. The second-order valence-electron chi connectivity index (χ2n) is 6.31. The summed E-state index contributed by atoms with van der Waals surface area (Å²) in [5.41, 5.74) is 1.77. The monoisotopic (exact) mass is 556 g/mol. The topological polar surface area (TPSA) is 67.9 Å². The second-order valence-corrected chi connectivity index (χ2v) is 8.27. The highest BCUT2D eigenvalue weighted by molar-refractivity contribution is 14.1. The molecule has 1 fully saturated rings. The van der Waals surface area contributed by atoms with Gasteiger partial charge in [-0.2, -0.15) is 0 Å². The molecule has 156 valence electrons. The molecule has 1 N–H and O–H groups in total. The third-order valence-electron chi connectivity index (χ3n) is 4.43. The summed E-state index contributed by atoms with van der Waals surface area (Å²) in [5.74, 6) is 0.0273. The van der Waals surface area contributed by atoms with Gasteiger partial charge >= 0.3 is 0 Å². The molecule has 1 saturated heterocycles. The van der Waals surface area contributed by atoms with Crippen molar-refractivity contribution in [1.29, 1.82) is 0 Å². The van der Waals surface area contributed by atoms with E-state index in [0.717, 1.165) is 3.57 Å². The Kier molecular flexibility index (Phi) is 6.99. The maximum Gasteiger partial charge on any atom is 0.270 e. The van der Waals surface area contributed by atoms with E-state index in [-0.39, 0.29) is 10.7 Å². The van der Waals surface area contributed by atoms with Crippen molar-refractivity contribution in [3.05, 3.63) is 55.6 Å². The molecule has 2 aromatic rings. The van der Waals surface area contributed by atoms with Gasteiger partial charge in [0.15, 0.2) is 16.6 Å². The van der Waals surface area contributed by atoms with Crippen LogP contribution in [0.3, 0.4) is 0 Å². The van der Waals surface area contributed by atoms with Gasteiger partial charge < -0.3 is 9.47 Å². The normalized spacial score (nSPS) is 15.4. The maximum absolute atomic E-state index is 13.2. The zero-order chi connectivity index (χ0) is 22.0. The Labute approximate surface area is 198 Å². The molecule has 0 radical (unpaired) electrons. The number of amides is 2. The molecule has 30 heavy (non-hydrogen) atoms. The zero-order valence-electron chi connectivity index (χ0n) is 16.4. The fraction of sp³-hybridized carbons (Fsp3) is 0.190. The first-order chi connectivity index (χ1) is 14.3. The second kappa shape index (κ2) is 9.32. The predicted molar refractivity (Wildman–Crippen MR) is 129 cm³/mol. The van der Waals surface area contributed by atoms with Gasteiger partial charge in [0.05, 0.1) is 23.0 Å². The van der Waals surface area contributed by atoms with Gasteiger partial charge in [0, 0.05) is 5.02 Å². The van der Waals surface area contributed by atoms with Crippen LogP contribution in [0.15, 0.2) is 35.9 Å². The lowest BCUT2D eigenvalue weighted by Gasteiger charge is -2.30. The van der Waals surface area contributed by atoms with Gasteiger partial charge in [-0.1, -0.05) is 17.7 Å². The molecular formula is C21H18ClIN2O4S. The van der Waals surface area contributed by atoms with E-state index in [2.05, 4.69) is 27.9 Å². The van der Waals surface area contributed by atoms with Crippen molar-refractivity contribution in [3.63, 3.8) is 0 Å². The Bertz CT molecular complexity index is 1090. The molecule has 0 unspecified atom stereocenters. The fourth-order valence-electron chi connectivity index (χ4n) is 3.01. The van der Waals surface area contributed by atoms with E-state index in [1.165, 1.54) is 11.0 Å². The van der Waals surface area contributed by atoms with Crippen molar-refractivity contribution in [2.45, 2.75) is 13.8 Å². The van der Waals surface area contributed by atoms with Crippen molar-refractivity contribution < 1.29 is 19.1 Å². The fourth-order valence-corrected chi connectivity index (χ4v) is 4.30. The number of ether oxygens (including phenoxy) is 2. The Morgan fingerprint density at radius 3 is 2.70 bits per heavy atom. The highest BCUT2D eigenvalue weighted by Gasteiger charge is 2.35. The van der Waals surface area contributed by atoms with Crippen LogP contribution >= 0.6 is 46.4 Å². The number of carbonyl (C=O) groups is 2. The minimum absolute atomic E-state index is 0.00633. The van der Waals surface area contributed by atoms with Crippen LogP contribution in [-0.4, -0.2) is 30.6 Å². The molecule has 2 amide bonds. The van der Waals surface area contributed by atoms with E-state index < -0.39 is 11.8 Å². The van der Waals surface area contributed by atoms with E-state index in [9.17, 15) is 9.59 Å². The number of methoxy groups -OCH3 is 1. The zero-order valence-corrected chi connectivity index (χ0v) is 20.1. The molecule has 2 aromatic carbocycles. The number of benzene rings is 2. The van der Waals surface area contributed by atoms with E-state index in [0.29, 0.717) is 39.9 Å². The molecule has 3 rings (SSSR count). The number of nitrogens with zero attached hydrogens (tertiary/aromatic N) is 1. The van der Waals surface area contributed by atoms with Crippen molar-refractivity contribution in [1.82, 2.24) is 5.32 Å². The molecule has 0 atom stereocenters. The molecule has 0 aromatic heterocycles. The van der Waals surface area contributed by atoms with E-state index in [1.807, 2.05) is 6.92 Å². The molecule has 1 heterocycles. The number of nitrogens with one attached hydrogen (secondary N) is 1. The van der Waals surface area contributed by atoms with Crippen molar-refractivity contribution >= 4 is 75.1 Å². The first kappa shape index (κ1) is 22.5. The van der Waals surface area contributed by atoms with Gasteiger partial charge in [0.25, 0.3) is 11.8 Å². The molecule has 0 saturated carbocycles. The summed E-state index contributed by atoms with van der Waals surface area (Å²) in [6.45, 7) is 4.09. The molecule has 1 aliphatic rings. The molecule has 0 aliphatic carbocycles. The molecular weight excluding hydrogens is 539 g/mol. The van der Waals surface area contributed by atoms with Gasteiger partial charge in [-0.25, -0.2) is 0 Å². The predicted octanol–water partition coefficient (Wildman–Crippen LogP) is 4.49. The maximum atomic E-state index is 13.2. The minimum Gasteiger partial charge on any atom is -0.492 e. The Balaban J connectivity index is 2.08. The summed E-state index contributed by atoms with van der Waals surface area (Å²) >= 11 is 13.6. The summed E-state index contributed by atoms with van der Waals surface area (Å²) in [7, 11) is 1.56. The van der Waals surface area contributed by atoms with Gasteiger partial charge in [-0.3, -0.25) is 19.8 Å². The number of carbonyl (C=O) groups excluding carboxylic acids is 2. The number of rotatable bonds is 5. The highest BCUT2D eigenvalue weighted by Crippen LogP contribution is 2.35. The summed E-state index contributed by atoms with van der Waals surface area (Å²) in [6.07, 6.45) is 1.51. The van der Waals surface area contributed by atoms with E-state index in [4.69, 9.17) is 33.3 Å². The van der Waals surface area contributed by atoms with Crippen LogP contribution in [0, 0.1) is 10.5 Å². The van der Waals surface area contributed by atoms with Gasteiger partial charge in [0.2, 0.25) is 0 Å². The van der Waals surface area contributed by atoms with Crippen LogP contribution in [0.1, 0.15) is 18.1 Å². The van der Waals surface area contributed by atoms with Crippen LogP contribution in [-0.2, 0) is 9.59 Å². The summed E-state index contributed by atoms with van der Waals surface area (Å²) in [4.78, 5) is 27.1. The molecule has 0 bridgehead atoms. The summed E-state index contributed by atoms with van der Waals surface area (Å²) in [5, 5.41) is 3.08. The quantitative estimate of drug-likeness (QED) is 0.254. The number of hydrogen-bond donors (Lipinski definition) is 1. The number of anilines is 1. The van der Waals surface area contributed by atoms with Crippen LogP contribution in [0.5, 0.6) is 11.5 Å². The Hall–Kier alpha value is -2.17. The van der Waals surface area contributed by atoms with Crippen LogP contribution in [0.4, 0.5) is 5.69 Å². The first-order valence-electron chi connectivity index (χ1n) is 8.95. The molecule has 9 heteroatoms. The van der Waals surface area contributed by atoms with Gasteiger partial charge in [-0.15, -0.1) is 0 Å². The minimum atomic E-state index is -0.565. The van der Waals surface area contributed by atoms with Crippen molar-refractivity contribution in [2.75, 3.05) is 18.6 Å². The smallest absolute Gasteiger partial charge is 0.270 e. The van der Waals surface area contributed by atoms with Crippen molar-refractivity contribution in [3.8, 4) is 11.5 Å². The van der Waals surface area contributed by atoms with E-state index >= 15 is 0 Å². The standard InChI is InChI=1S/C21H18ClIN2O4S/c1-4-29-17-10-12(9-15(23)18(17)28-3)8-13-19(26)24-21(30)25(20(13)27)16-7-5-6-14(22)11(16)2/h5-10H,4H2,1-3H3,(H,24,26,30)/b13-8+. The average Bonchev–Trinajstić information content (AvgIpc) is 2.68. The van der Waals surface area contributed by atoms with Crippen LogP contribution < -0.4 is 19.7 Å². The third kappa shape index (κ3) is 4.30. The number of halogens is 2. The van der Waals surface area contributed by atoms with Crippen molar-refractivity contribution in [2.24, 2.45) is 0 Å². The largest absolute Gasteiger partial charge is 0.492 e. The molecule has 1 aliphatic heterocycles. The first-order valence-corrected chi connectivity index (χ1v) is 10.8. The van der Waals surface area contributed by atoms with Gasteiger partial charge in [0.1, 0.15) is 5.57 Å². The molecule has 0 spiro atoms. The Morgan fingerprint density at radius 2 is 2.03 bits per heavy atom. The van der Waals surface area contributed by atoms with Crippen LogP contribution in [0.2, 0.25) is 5.02 Å². The third-order valence-corrected chi connectivity index (χ3v) is 5.92. The number of thiocarbonyl (C=S) groups is 1. The highest BCUT2D eigenvalue weighted by atomic mass is 127. The molecule has 6 nitrogen and oxygen atoms in total. The Morgan fingerprint density at radius 1 is 1.30 bits per heavy atom. The van der Waals surface area contributed by atoms with Gasteiger partial charge in [-0.05, 0) is 90.1 Å². The summed E-state index contributed by atoms with van der Waals surface area (Å²) in [6, 6.07) is 8.70. The average molecular weight is 557 g/mol. The van der Waals surface area contributed by atoms with Crippen LogP contribution in [0.25, 0.3) is 6.08 Å². The SMILES string of the molecule is CCOc1cc(/C=C2\C(=O)NC(=S)N(c3cccc(Cl)c3C)C2=O)cc(I)c1OC.